The summed E-state index contributed by atoms with van der Waals surface area (Å²) in [5, 5.41) is 12.4. The molecule has 1 unspecified atom stereocenters. The van der Waals surface area contributed by atoms with Gasteiger partial charge in [0.1, 0.15) is 18.0 Å². The van der Waals surface area contributed by atoms with Crippen LogP contribution in [-0.4, -0.2) is 79.0 Å². The summed E-state index contributed by atoms with van der Waals surface area (Å²) in [6.07, 6.45) is 0.564. The minimum absolute atomic E-state index is 0.00732. The molecule has 4 rings (SSSR count). The molecule has 1 saturated heterocycles. The van der Waals surface area contributed by atoms with Crippen molar-refractivity contribution >= 4 is 38.6 Å². The molecular formula is C32H40N6O8S. The fourth-order valence-electron chi connectivity index (χ4n) is 5.45. The third kappa shape index (κ3) is 8.95. The van der Waals surface area contributed by atoms with Gasteiger partial charge < -0.3 is 25.8 Å². The van der Waals surface area contributed by atoms with E-state index >= 15 is 0 Å². The van der Waals surface area contributed by atoms with E-state index in [0.29, 0.717) is 18.4 Å². The number of amides is 1. The number of carbonyl (C=O) groups is 2. The minimum atomic E-state index is -4.94. The van der Waals surface area contributed by atoms with Gasteiger partial charge in [-0.25, -0.2) is 10.1 Å². The number of aryl methyl sites for hydroxylation is 2. The van der Waals surface area contributed by atoms with Gasteiger partial charge in [-0.2, -0.15) is 8.42 Å². The van der Waals surface area contributed by atoms with Crippen molar-refractivity contribution in [3.8, 4) is 0 Å². The van der Waals surface area contributed by atoms with Crippen LogP contribution in [0.2, 0.25) is 0 Å². The van der Waals surface area contributed by atoms with E-state index in [1.165, 1.54) is 12.1 Å². The number of nitrogens with zero attached hydrogens (tertiary/aromatic N) is 4. The molecule has 3 aromatic carbocycles. The molecule has 0 radical (unpaired) electrons. The van der Waals surface area contributed by atoms with Gasteiger partial charge in [0.15, 0.2) is 17.0 Å². The topological polar surface area (TPSA) is 201 Å². The zero-order chi connectivity index (χ0) is 34.1. The summed E-state index contributed by atoms with van der Waals surface area (Å²) in [5.41, 5.74) is 13.3. The second kappa shape index (κ2) is 15.7. The van der Waals surface area contributed by atoms with Crippen molar-refractivity contribution in [1.82, 2.24) is 9.31 Å². The Bertz CT molecular complexity index is 1720. The third-order valence-electron chi connectivity index (χ3n) is 7.94. The van der Waals surface area contributed by atoms with Gasteiger partial charge >= 0.3 is 16.0 Å². The number of benzene rings is 3. The normalized spacial score (nSPS) is 15.1. The molecule has 15 heteroatoms. The molecule has 0 spiro atoms. The number of hydrogen-bond acceptors (Lipinski definition) is 9. The van der Waals surface area contributed by atoms with Crippen LogP contribution in [0.1, 0.15) is 42.4 Å². The molecule has 1 fully saturated rings. The number of nitrogens with two attached hydrogens (primary N) is 2. The summed E-state index contributed by atoms with van der Waals surface area (Å²) < 4.78 is 39.6. The molecule has 1 aliphatic rings. The lowest BCUT2D eigenvalue weighted by Crippen LogP contribution is -2.55. The van der Waals surface area contributed by atoms with E-state index in [1.807, 2.05) is 13.0 Å². The Morgan fingerprint density at radius 1 is 1.11 bits per heavy atom. The fraction of sp³-hybridized carbons (Fsp3) is 0.406. The van der Waals surface area contributed by atoms with Gasteiger partial charge in [0.2, 0.25) is 0 Å². The smallest absolute Gasteiger partial charge is 0.325 e. The van der Waals surface area contributed by atoms with Crippen LogP contribution in [0.25, 0.3) is 10.8 Å². The van der Waals surface area contributed by atoms with E-state index in [4.69, 9.17) is 20.9 Å². The predicted molar refractivity (Wildman–Crippen MR) is 175 cm³/mol. The quantitative estimate of drug-likeness (QED) is 0.0606. The van der Waals surface area contributed by atoms with E-state index in [1.54, 1.807) is 49.4 Å². The first-order valence-electron chi connectivity index (χ1n) is 15.2. The van der Waals surface area contributed by atoms with Gasteiger partial charge in [-0.3, -0.25) is 14.6 Å². The Morgan fingerprint density at radius 2 is 1.83 bits per heavy atom. The van der Waals surface area contributed by atoms with Crippen LogP contribution in [0, 0.1) is 24.0 Å². The highest BCUT2D eigenvalue weighted by Crippen LogP contribution is 2.30. The van der Waals surface area contributed by atoms with Crippen molar-refractivity contribution < 1.29 is 32.5 Å². The number of esters is 1. The average molecular weight is 669 g/mol. The maximum atomic E-state index is 14.3. The second-order valence-electron chi connectivity index (χ2n) is 11.4. The van der Waals surface area contributed by atoms with E-state index in [2.05, 4.69) is 4.99 Å². The van der Waals surface area contributed by atoms with Crippen molar-refractivity contribution in [2.75, 3.05) is 26.2 Å². The summed E-state index contributed by atoms with van der Waals surface area (Å²) >= 11 is 0. The molecule has 3 aromatic rings. The zero-order valence-electron chi connectivity index (χ0n) is 26.4. The van der Waals surface area contributed by atoms with Crippen LogP contribution >= 0.6 is 0 Å². The summed E-state index contributed by atoms with van der Waals surface area (Å²) in [4.78, 5) is 44.7. The second-order valence-corrected chi connectivity index (χ2v) is 13.2. The molecule has 4 N–H and O–H groups in total. The molecule has 0 saturated carbocycles. The standard InChI is InChI=1S/C32H40N6O8S/c1-22-17-25-11-6-14-29(27(25)18-23(22)2)47(43,44)37(38(41)42)28(13-7-15-35-32(33)34)31(40)36(19-26-12-8-16-45-26)20-30(39)46-21-24-9-4-3-5-10-24/h3-6,9-11,14,17-18,26,28H,7-8,12-13,15-16,19-21H2,1-2H3,(H4,33,34,35)/t26?,28-/m0/s1. The van der Waals surface area contributed by atoms with E-state index in [9.17, 15) is 28.1 Å². The maximum absolute atomic E-state index is 14.3. The average Bonchev–Trinajstić information content (AvgIpc) is 3.54. The summed E-state index contributed by atoms with van der Waals surface area (Å²) in [6.45, 7) is 3.38. The van der Waals surface area contributed by atoms with E-state index in [-0.39, 0.29) is 53.2 Å². The van der Waals surface area contributed by atoms with Crippen molar-refractivity contribution in [1.29, 1.82) is 0 Å². The lowest BCUT2D eigenvalue weighted by atomic mass is 10.0. The number of guanidine groups is 1. The number of fused-ring (bicyclic) bond motifs is 1. The highest BCUT2D eigenvalue weighted by Gasteiger charge is 2.46. The number of hydrogen-bond donors (Lipinski definition) is 2. The third-order valence-corrected chi connectivity index (χ3v) is 9.74. The van der Waals surface area contributed by atoms with Gasteiger partial charge in [-0.15, -0.1) is 0 Å². The summed E-state index contributed by atoms with van der Waals surface area (Å²) in [5.74, 6) is -1.95. The van der Waals surface area contributed by atoms with Gasteiger partial charge in [-0.05, 0) is 73.7 Å². The number of rotatable bonds is 15. The first-order chi connectivity index (χ1) is 22.4. The molecule has 1 heterocycles. The summed E-state index contributed by atoms with van der Waals surface area (Å²) in [6, 6.07) is 15.0. The Kier molecular flexibility index (Phi) is 11.7. The van der Waals surface area contributed by atoms with Crippen LogP contribution in [0.5, 0.6) is 0 Å². The molecule has 0 aliphatic carbocycles. The van der Waals surface area contributed by atoms with Gasteiger partial charge in [0.05, 0.1) is 6.10 Å². The molecule has 1 aliphatic heterocycles. The highest BCUT2D eigenvalue weighted by molar-refractivity contribution is 7.89. The Labute approximate surface area is 273 Å². The number of aliphatic imine (C=N–C) groups is 1. The van der Waals surface area contributed by atoms with Crippen LogP contribution in [-0.2, 0) is 35.7 Å². The van der Waals surface area contributed by atoms with Gasteiger partial charge in [0, 0.05) is 29.5 Å². The van der Waals surface area contributed by atoms with Gasteiger partial charge in [-0.1, -0.05) is 48.5 Å². The van der Waals surface area contributed by atoms with Crippen molar-refractivity contribution in [3.05, 3.63) is 87.5 Å². The minimum Gasteiger partial charge on any atom is -0.459 e. The fourth-order valence-corrected chi connectivity index (χ4v) is 7.06. The van der Waals surface area contributed by atoms with Crippen LogP contribution in [0.15, 0.2) is 70.6 Å². The number of hydrazine groups is 1. The lowest BCUT2D eigenvalue weighted by Gasteiger charge is -2.30. The number of ether oxygens (including phenoxy) is 2. The Balaban J connectivity index is 1.72. The highest BCUT2D eigenvalue weighted by atomic mass is 32.2. The molecule has 2 atom stereocenters. The first-order valence-corrected chi connectivity index (χ1v) is 16.7. The molecule has 1 amide bonds. The van der Waals surface area contributed by atoms with E-state index in [0.717, 1.165) is 28.0 Å². The van der Waals surface area contributed by atoms with Crippen LogP contribution in [0.4, 0.5) is 0 Å². The monoisotopic (exact) mass is 668 g/mol. The first kappa shape index (κ1) is 35.1. The molecule has 47 heavy (non-hydrogen) atoms. The molecule has 0 bridgehead atoms. The van der Waals surface area contributed by atoms with E-state index < -0.39 is 45.6 Å². The molecule has 0 aromatic heterocycles. The SMILES string of the molecule is Cc1cc2cccc(S(=O)(=O)N([C@@H](CCCN=C(N)N)C(=O)N(CC(=O)OCc3ccccc3)CC3CCCO3)[N+](=O)[O-])c2cc1C. The Morgan fingerprint density at radius 3 is 2.49 bits per heavy atom. The maximum Gasteiger partial charge on any atom is 0.325 e. The largest absolute Gasteiger partial charge is 0.459 e. The predicted octanol–water partition coefficient (Wildman–Crippen LogP) is 2.81. The molecule has 14 nitrogen and oxygen atoms in total. The van der Waals surface area contributed by atoms with Crippen molar-refractivity contribution in [2.45, 2.75) is 63.2 Å². The number of sulfonamides is 1. The number of carbonyl (C=O) groups excluding carboxylic acids is 2. The van der Waals surface area contributed by atoms with Gasteiger partial charge in [0.25, 0.3) is 5.91 Å². The number of nitro groups is 1. The van der Waals surface area contributed by atoms with Crippen molar-refractivity contribution in [3.63, 3.8) is 0 Å². The molecule has 252 valence electrons. The Hall–Kier alpha value is -4.76. The summed E-state index contributed by atoms with van der Waals surface area (Å²) in [7, 11) is -4.94. The molecular weight excluding hydrogens is 628 g/mol. The zero-order valence-corrected chi connectivity index (χ0v) is 27.2. The van der Waals surface area contributed by atoms with Crippen molar-refractivity contribution in [2.24, 2.45) is 16.5 Å². The van der Waals surface area contributed by atoms with Crippen LogP contribution in [0.3, 0.4) is 0 Å². The van der Waals surface area contributed by atoms with Crippen LogP contribution < -0.4 is 11.5 Å². The lowest BCUT2D eigenvalue weighted by molar-refractivity contribution is -0.625.